The second kappa shape index (κ2) is 6.36. The molecule has 4 N–H and O–H groups in total. The first-order chi connectivity index (χ1) is 9.56. The lowest BCUT2D eigenvalue weighted by molar-refractivity contribution is -0.113. The maximum Gasteiger partial charge on any atom is 0.303 e. The van der Waals surface area contributed by atoms with E-state index in [2.05, 4.69) is 9.98 Å². The predicted octanol–water partition coefficient (Wildman–Crippen LogP) is -0.888. The third kappa shape index (κ3) is 3.69. The number of aliphatic imine (C=N–C) groups is 2. The maximum absolute atomic E-state index is 10.8. The summed E-state index contributed by atoms with van der Waals surface area (Å²) in [7, 11) is 0. The van der Waals surface area contributed by atoms with Crippen LogP contribution >= 0.6 is 0 Å². The van der Waals surface area contributed by atoms with Crippen LogP contribution in [0.25, 0.3) is 0 Å². The topological polar surface area (TPSA) is 129 Å². The van der Waals surface area contributed by atoms with Gasteiger partial charge in [0.15, 0.2) is 0 Å². The number of carbonyl (C=O) groups excluding carboxylic acids is 2. The van der Waals surface area contributed by atoms with Gasteiger partial charge in [-0.3, -0.25) is 9.59 Å². The highest BCUT2D eigenvalue weighted by molar-refractivity contribution is 6.35. The van der Waals surface area contributed by atoms with Gasteiger partial charge in [0.25, 0.3) is 11.8 Å². The predicted molar refractivity (Wildman–Crippen MR) is 71.2 cm³/mol. The Hall–Kier alpha value is -2.12. The van der Waals surface area contributed by atoms with E-state index in [1.807, 2.05) is 0 Å². The van der Waals surface area contributed by atoms with Gasteiger partial charge in [0.1, 0.15) is 13.2 Å². The van der Waals surface area contributed by atoms with Crippen LogP contribution in [0.2, 0.25) is 0 Å². The zero-order valence-electron chi connectivity index (χ0n) is 11.1. The molecule has 2 aliphatic rings. The number of amides is 2. The van der Waals surface area contributed by atoms with Gasteiger partial charge in [-0.25, -0.2) is 9.98 Å². The minimum atomic E-state index is -0.621. The van der Waals surface area contributed by atoms with Crippen molar-refractivity contribution >= 4 is 23.6 Å². The lowest BCUT2D eigenvalue weighted by Crippen LogP contribution is -2.23. The third-order valence-corrected chi connectivity index (χ3v) is 3.17. The molecule has 0 bridgehead atoms. The summed E-state index contributed by atoms with van der Waals surface area (Å²) < 4.78 is 10.2. The second-order valence-corrected chi connectivity index (χ2v) is 4.81. The highest BCUT2D eigenvalue weighted by atomic mass is 16.5. The summed E-state index contributed by atoms with van der Waals surface area (Å²) in [6.07, 6.45) is 3.52. The number of primary amides is 2. The molecule has 2 heterocycles. The molecule has 0 saturated heterocycles. The standard InChI is InChI=1S/C12H18N4O4/c13-9(17)11-15-7(5-19-11)3-1-2-4-8-6-20-12(16-8)10(14)18/h7-8H,1-6H2,(H2,13,17)(H2,14,18). The molecule has 0 aliphatic carbocycles. The zero-order chi connectivity index (χ0) is 14.5. The Morgan fingerprint density at radius 1 is 0.950 bits per heavy atom. The van der Waals surface area contributed by atoms with E-state index in [0.717, 1.165) is 25.7 Å². The molecule has 0 fully saturated rings. The summed E-state index contributed by atoms with van der Waals surface area (Å²) in [6.45, 7) is 0.823. The van der Waals surface area contributed by atoms with Crippen LogP contribution in [-0.4, -0.2) is 48.9 Å². The molecule has 0 spiro atoms. The van der Waals surface area contributed by atoms with Crippen molar-refractivity contribution in [2.45, 2.75) is 37.8 Å². The first kappa shape index (κ1) is 14.3. The smallest absolute Gasteiger partial charge is 0.303 e. The van der Waals surface area contributed by atoms with Crippen molar-refractivity contribution in [2.75, 3.05) is 13.2 Å². The molecule has 2 unspecified atom stereocenters. The van der Waals surface area contributed by atoms with E-state index in [-0.39, 0.29) is 23.9 Å². The van der Waals surface area contributed by atoms with Gasteiger partial charge in [0.2, 0.25) is 0 Å². The molecule has 20 heavy (non-hydrogen) atoms. The van der Waals surface area contributed by atoms with Crippen LogP contribution in [0.3, 0.4) is 0 Å². The average Bonchev–Trinajstić information content (AvgIpc) is 3.04. The Kier molecular flexibility index (Phi) is 4.54. The van der Waals surface area contributed by atoms with E-state index in [9.17, 15) is 9.59 Å². The first-order valence-corrected chi connectivity index (χ1v) is 6.57. The number of ether oxygens (including phenoxy) is 2. The fourth-order valence-corrected chi connectivity index (χ4v) is 2.16. The first-order valence-electron chi connectivity index (χ1n) is 6.57. The Bertz CT molecular complexity index is 418. The lowest BCUT2D eigenvalue weighted by atomic mass is 10.1. The van der Waals surface area contributed by atoms with Crippen molar-refractivity contribution in [3.8, 4) is 0 Å². The van der Waals surface area contributed by atoms with E-state index in [4.69, 9.17) is 20.9 Å². The number of rotatable bonds is 7. The summed E-state index contributed by atoms with van der Waals surface area (Å²) in [6, 6.07) is 0.00372. The SMILES string of the molecule is NC(=O)C1=NC(CCCCC2COC(C(N)=O)=N2)CO1. The molecule has 0 aromatic carbocycles. The van der Waals surface area contributed by atoms with E-state index >= 15 is 0 Å². The summed E-state index contributed by atoms with van der Waals surface area (Å²) in [5.74, 6) is -1.20. The Morgan fingerprint density at radius 2 is 1.35 bits per heavy atom. The van der Waals surface area contributed by atoms with E-state index < -0.39 is 11.8 Å². The normalized spacial score (nSPS) is 24.6. The van der Waals surface area contributed by atoms with Gasteiger partial charge >= 0.3 is 11.8 Å². The van der Waals surface area contributed by atoms with Crippen LogP contribution in [0.4, 0.5) is 0 Å². The Balaban J connectivity index is 1.63. The minimum Gasteiger partial charge on any atom is -0.472 e. The van der Waals surface area contributed by atoms with Gasteiger partial charge < -0.3 is 20.9 Å². The molecule has 0 saturated carbocycles. The molecule has 2 atom stereocenters. The Labute approximate surface area is 116 Å². The van der Waals surface area contributed by atoms with Crippen LogP contribution in [0, 0.1) is 0 Å². The zero-order valence-corrected chi connectivity index (χ0v) is 11.1. The summed E-state index contributed by atoms with van der Waals surface area (Å²) >= 11 is 0. The molecular formula is C12H18N4O4. The van der Waals surface area contributed by atoms with Crippen molar-refractivity contribution in [1.29, 1.82) is 0 Å². The summed E-state index contributed by atoms with van der Waals surface area (Å²) in [5, 5.41) is 0. The van der Waals surface area contributed by atoms with Crippen molar-refractivity contribution in [2.24, 2.45) is 21.5 Å². The van der Waals surface area contributed by atoms with Crippen molar-refractivity contribution in [3.05, 3.63) is 0 Å². The molecule has 2 amide bonds. The van der Waals surface area contributed by atoms with Crippen LogP contribution < -0.4 is 11.5 Å². The second-order valence-electron chi connectivity index (χ2n) is 4.81. The number of nitrogens with zero attached hydrogens (tertiary/aromatic N) is 2. The summed E-state index contributed by atoms with van der Waals surface area (Å²) in [5.41, 5.74) is 10.1. The van der Waals surface area contributed by atoms with E-state index in [1.165, 1.54) is 0 Å². The molecule has 2 aliphatic heterocycles. The molecule has 2 rings (SSSR count). The van der Waals surface area contributed by atoms with Crippen LogP contribution in [0.5, 0.6) is 0 Å². The molecule has 8 heteroatoms. The van der Waals surface area contributed by atoms with Gasteiger partial charge in [-0.15, -0.1) is 0 Å². The molecular weight excluding hydrogens is 264 g/mol. The summed E-state index contributed by atoms with van der Waals surface area (Å²) in [4.78, 5) is 29.9. The van der Waals surface area contributed by atoms with Gasteiger partial charge in [0.05, 0.1) is 12.1 Å². The van der Waals surface area contributed by atoms with E-state index in [1.54, 1.807) is 0 Å². The van der Waals surface area contributed by atoms with Gasteiger partial charge in [0, 0.05) is 0 Å². The van der Waals surface area contributed by atoms with Crippen LogP contribution in [0.1, 0.15) is 25.7 Å². The molecule has 0 radical (unpaired) electrons. The number of hydrogen-bond donors (Lipinski definition) is 2. The third-order valence-electron chi connectivity index (χ3n) is 3.17. The molecule has 0 aromatic rings. The molecule has 0 aromatic heterocycles. The largest absolute Gasteiger partial charge is 0.472 e. The van der Waals surface area contributed by atoms with E-state index in [0.29, 0.717) is 13.2 Å². The van der Waals surface area contributed by atoms with Gasteiger partial charge in [-0.2, -0.15) is 0 Å². The van der Waals surface area contributed by atoms with Crippen LogP contribution in [-0.2, 0) is 19.1 Å². The highest BCUT2D eigenvalue weighted by Gasteiger charge is 2.24. The van der Waals surface area contributed by atoms with Gasteiger partial charge in [-0.05, 0) is 12.8 Å². The molecule has 110 valence electrons. The van der Waals surface area contributed by atoms with Crippen molar-refractivity contribution in [3.63, 3.8) is 0 Å². The number of nitrogens with two attached hydrogens (primary N) is 2. The quantitative estimate of drug-likeness (QED) is 0.587. The van der Waals surface area contributed by atoms with Crippen molar-refractivity contribution < 1.29 is 19.1 Å². The number of hydrogen-bond acceptors (Lipinski definition) is 6. The Morgan fingerprint density at radius 3 is 1.65 bits per heavy atom. The monoisotopic (exact) mass is 282 g/mol. The lowest BCUT2D eigenvalue weighted by Gasteiger charge is -2.06. The minimum absolute atomic E-state index is 0.00186. The fraction of sp³-hybridized carbons (Fsp3) is 0.667. The van der Waals surface area contributed by atoms with Crippen molar-refractivity contribution in [1.82, 2.24) is 0 Å². The highest BCUT2D eigenvalue weighted by Crippen LogP contribution is 2.16. The number of carbonyl (C=O) groups is 2. The fourth-order valence-electron chi connectivity index (χ4n) is 2.16. The maximum atomic E-state index is 10.8. The van der Waals surface area contributed by atoms with Crippen LogP contribution in [0.15, 0.2) is 9.98 Å². The average molecular weight is 282 g/mol. The molecule has 8 nitrogen and oxygen atoms in total. The van der Waals surface area contributed by atoms with Gasteiger partial charge in [-0.1, -0.05) is 12.8 Å². The number of unbranched alkanes of at least 4 members (excludes halogenated alkanes) is 1.